The fraction of sp³-hybridized carbons (Fsp3) is 0.364. The van der Waals surface area contributed by atoms with Crippen molar-refractivity contribution in [1.29, 1.82) is 0 Å². The van der Waals surface area contributed by atoms with E-state index in [1.807, 2.05) is 0 Å². The van der Waals surface area contributed by atoms with Crippen molar-refractivity contribution in [2.75, 3.05) is 14.2 Å². The molecule has 0 fully saturated rings. The summed E-state index contributed by atoms with van der Waals surface area (Å²) in [6, 6.07) is 3.35. The Bertz CT molecular complexity index is 389. The van der Waals surface area contributed by atoms with Gasteiger partial charge in [0.15, 0.2) is 0 Å². The van der Waals surface area contributed by atoms with Crippen molar-refractivity contribution in [2.24, 2.45) is 0 Å². The smallest absolute Gasteiger partial charge is 0.356 e. The highest BCUT2D eigenvalue weighted by molar-refractivity contribution is 5.87. The fourth-order valence-corrected chi connectivity index (χ4v) is 1.19. The highest BCUT2D eigenvalue weighted by Gasteiger charge is 2.08. The third-order valence-electron chi connectivity index (χ3n) is 2.06. The number of rotatable bonds is 4. The molecule has 0 saturated heterocycles. The molecule has 0 aromatic carbocycles. The van der Waals surface area contributed by atoms with Gasteiger partial charge in [-0.2, -0.15) is 0 Å². The Balaban J connectivity index is 2.67. The number of aryl methyl sites for hydroxylation is 1. The molecule has 0 N–H and O–H groups in total. The minimum Gasteiger partial charge on any atom is -0.469 e. The van der Waals surface area contributed by atoms with E-state index < -0.39 is 5.97 Å². The van der Waals surface area contributed by atoms with Gasteiger partial charge in [-0.15, -0.1) is 0 Å². The van der Waals surface area contributed by atoms with Crippen LogP contribution in [0.25, 0.3) is 0 Å². The Morgan fingerprint density at radius 2 is 2.06 bits per heavy atom. The zero-order valence-corrected chi connectivity index (χ0v) is 9.23. The minimum atomic E-state index is -0.486. The molecule has 5 nitrogen and oxygen atoms in total. The van der Waals surface area contributed by atoms with Crippen LogP contribution in [0.1, 0.15) is 22.5 Å². The van der Waals surface area contributed by atoms with Gasteiger partial charge in [0.25, 0.3) is 0 Å². The maximum atomic E-state index is 11.2. The van der Waals surface area contributed by atoms with Crippen LogP contribution in [0.5, 0.6) is 0 Å². The molecular weight excluding hydrogens is 210 g/mol. The van der Waals surface area contributed by atoms with E-state index >= 15 is 0 Å². The molecule has 1 heterocycles. The fourth-order valence-electron chi connectivity index (χ4n) is 1.19. The van der Waals surface area contributed by atoms with Gasteiger partial charge in [-0.3, -0.25) is 4.79 Å². The van der Waals surface area contributed by atoms with E-state index in [0.717, 1.165) is 5.56 Å². The Hall–Kier alpha value is -1.91. The van der Waals surface area contributed by atoms with Crippen LogP contribution in [-0.4, -0.2) is 31.1 Å². The standard InChI is InChI=1S/C11H13NO4/c1-15-10(13)4-3-8-5-6-12-9(7-8)11(14)16-2/h5-7H,3-4H2,1-2H3. The molecule has 0 amide bonds. The number of hydrogen-bond donors (Lipinski definition) is 0. The van der Waals surface area contributed by atoms with Gasteiger partial charge in [0.2, 0.25) is 0 Å². The molecule has 0 aliphatic heterocycles. The zero-order valence-electron chi connectivity index (χ0n) is 9.23. The van der Waals surface area contributed by atoms with Crippen LogP contribution in [0, 0.1) is 0 Å². The van der Waals surface area contributed by atoms with Crippen LogP contribution in [-0.2, 0) is 20.7 Å². The lowest BCUT2D eigenvalue weighted by Crippen LogP contribution is -2.06. The van der Waals surface area contributed by atoms with E-state index in [1.165, 1.54) is 20.4 Å². The number of carbonyl (C=O) groups excluding carboxylic acids is 2. The summed E-state index contributed by atoms with van der Waals surface area (Å²) in [5.74, 6) is -0.767. The molecule has 16 heavy (non-hydrogen) atoms. The van der Waals surface area contributed by atoms with Gasteiger partial charge in [0.05, 0.1) is 14.2 Å². The van der Waals surface area contributed by atoms with E-state index in [4.69, 9.17) is 0 Å². The summed E-state index contributed by atoms with van der Waals surface area (Å²) >= 11 is 0. The summed E-state index contributed by atoms with van der Waals surface area (Å²) in [4.78, 5) is 26.0. The van der Waals surface area contributed by atoms with Gasteiger partial charge in [-0.25, -0.2) is 9.78 Å². The normalized spacial score (nSPS) is 9.62. The van der Waals surface area contributed by atoms with Crippen LogP contribution in [0.4, 0.5) is 0 Å². The maximum Gasteiger partial charge on any atom is 0.356 e. The summed E-state index contributed by atoms with van der Waals surface area (Å²) in [6.45, 7) is 0. The lowest BCUT2D eigenvalue weighted by Gasteiger charge is -2.02. The summed E-state index contributed by atoms with van der Waals surface area (Å²) < 4.78 is 9.07. The molecule has 5 heteroatoms. The lowest BCUT2D eigenvalue weighted by molar-refractivity contribution is -0.140. The van der Waals surface area contributed by atoms with Crippen molar-refractivity contribution >= 4 is 11.9 Å². The average Bonchev–Trinajstić information content (AvgIpc) is 2.35. The number of pyridine rings is 1. The molecule has 0 spiro atoms. The van der Waals surface area contributed by atoms with Crippen LogP contribution in [0.3, 0.4) is 0 Å². The maximum absolute atomic E-state index is 11.2. The first-order valence-electron chi connectivity index (χ1n) is 4.77. The lowest BCUT2D eigenvalue weighted by atomic mass is 10.1. The first-order valence-corrected chi connectivity index (χ1v) is 4.77. The third kappa shape index (κ3) is 3.34. The monoisotopic (exact) mass is 223 g/mol. The van der Waals surface area contributed by atoms with Crippen molar-refractivity contribution in [1.82, 2.24) is 4.98 Å². The summed E-state index contributed by atoms with van der Waals surface area (Å²) in [5.41, 5.74) is 1.09. The number of hydrogen-bond acceptors (Lipinski definition) is 5. The number of esters is 2. The Kier molecular flexibility index (Phi) is 4.44. The molecule has 0 aliphatic rings. The zero-order chi connectivity index (χ0) is 12.0. The van der Waals surface area contributed by atoms with Gasteiger partial charge >= 0.3 is 11.9 Å². The van der Waals surface area contributed by atoms with E-state index in [9.17, 15) is 9.59 Å². The second-order valence-electron chi connectivity index (χ2n) is 3.12. The molecule has 0 radical (unpaired) electrons. The molecule has 1 rings (SSSR count). The van der Waals surface area contributed by atoms with Crippen molar-refractivity contribution in [3.8, 4) is 0 Å². The second kappa shape index (κ2) is 5.85. The van der Waals surface area contributed by atoms with Gasteiger partial charge in [-0.05, 0) is 24.1 Å². The van der Waals surface area contributed by atoms with Crippen LogP contribution in [0.15, 0.2) is 18.3 Å². The van der Waals surface area contributed by atoms with Crippen LogP contribution < -0.4 is 0 Å². The molecule has 1 aromatic rings. The van der Waals surface area contributed by atoms with Crippen molar-refractivity contribution in [3.05, 3.63) is 29.6 Å². The number of ether oxygens (including phenoxy) is 2. The van der Waals surface area contributed by atoms with Crippen molar-refractivity contribution in [2.45, 2.75) is 12.8 Å². The molecule has 86 valence electrons. The van der Waals surface area contributed by atoms with E-state index in [0.29, 0.717) is 6.42 Å². The van der Waals surface area contributed by atoms with Gasteiger partial charge < -0.3 is 9.47 Å². The second-order valence-corrected chi connectivity index (χ2v) is 3.12. The first kappa shape index (κ1) is 12.2. The van der Waals surface area contributed by atoms with E-state index in [-0.39, 0.29) is 18.1 Å². The number of nitrogens with zero attached hydrogens (tertiary/aromatic N) is 1. The predicted molar refractivity (Wildman–Crippen MR) is 55.9 cm³/mol. The van der Waals surface area contributed by atoms with Crippen molar-refractivity contribution < 1.29 is 19.1 Å². The Morgan fingerprint density at radius 1 is 1.31 bits per heavy atom. The predicted octanol–water partition coefficient (Wildman–Crippen LogP) is 0.974. The number of methoxy groups -OCH3 is 2. The third-order valence-corrected chi connectivity index (χ3v) is 2.06. The largest absolute Gasteiger partial charge is 0.469 e. The molecular formula is C11H13NO4. The van der Waals surface area contributed by atoms with Gasteiger partial charge in [-0.1, -0.05) is 0 Å². The van der Waals surface area contributed by atoms with E-state index in [1.54, 1.807) is 12.1 Å². The topological polar surface area (TPSA) is 65.5 Å². The summed E-state index contributed by atoms with van der Waals surface area (Å²) in [7, 11) is 2.64. The van der Waals surface area contributed by atoms with E-state index in [2.05, 4.69) is 14.5 Å². The number of aromatic nitrogens is 1. The molecule has 0 atom stereocenters. The molecule has 0 unspecified atom stereocenters. The average molecular weight is 223 g/mol. The highest BCUT2D eigenvalue weighted by atomic mass is 16.5. The molecule has 0 saturated carbocycles. The summed E-state index contributed by atoms with van der Waals surface area (Å²) in [6.07, 6.45) is 2.30. The molecule has 0 aliphatic carbocycles. The van der Waals surface area contributed by atoms with Gasteiger partial charge in [0.1, 0.15) is 5.69 Å². The van der Waals surface area contributed by atoms with Crippen LogP contribution >= 0.6 is 0 Å². The molecule has 1 aromatic heterocycles. The summed E-state index contributed by atoms with van der Waals surface area (Å²) in [5, 5.41) is 0. The Morgan fingerprint density at radius 3 is 2.69 bits per heavy atom. The van der Waals surface area contributed by atoms with Crippen molar-refractivity contribution in [3.63, 3.8) is 0 Å². The SMILES string of the molecule is COC(=O)CCc1ccnc(C(=O)OC)c1. The quantitative estimate of drug-likeness (QED) is 0.712. The van der Waals surface area contributed by atoms with Crippen LogP contribution in [0.2, 0.25) is 0 Å². The molecule has 0 bridgehead atoms. The first-order chi connectivity index (χ1) is 7.67. The van der Waals surface area contributed by atoms with Gasteiger partial charge in [0, 0.05) is 12.6 Å². The minimum absolute atomic E-state index is 0.241. The number of carbonyl (C=O) groups is 2. The Labute approximate surface area is 93.4 Å². The highest BCUT2D eigenvalue weighted by Crippen LogP contribution is 2.06.